The molecule has 3 heteroatoms. The summed E-state index contributed by atoms with van der Waals surface area (Å²) in [5.41, 5.74) is 0.973. The van der Waals surface area contributed by atoms with E-state index in [1.165, 1.54) is 32.1 Å². The Hall–Kier alpha value is -1.51. The number of ether oxygens (including phenoxy) is 2. The predicted molar refractivity (Wildman–Crippen MR) is 80.6 cm³/mol. The Morgan fingerprint density at radius 3 is 2.25 bits per heavy atom. The van der Waals surface area contributed by atoms with Gasteiger partial charge in [0, 0.05) is 0 Å². The van der Waals surface area contributed by atoms with Crippen LogP contribution in [0.3, 0.4) is 0 Å². The van der Waals surface area contributed by atoms with E-state index < -0.39 is 6.16 Å². The van der Waals surface area contributed by atoms with Gasteiger partial charge in [-0.3, -0.25) is 0 Å². The molecule has 0 fully saturated rings. The van der Waals surface area contributed by atoms with E-state index in [1.54, 1.807) is 0 Å². The number of carbonyl (C=O) groups excluding carboxylic acids is 1. The zero-order valence-corrected chi connectivity index (χ0v) is 12.5. The number of hydrogen-bond acceptors (Lipinski definition) is 3. The van der Waals surface area contributed by atoms with Crippen LogP contribution in [0, 0.1) is 0 Å². The average molecular weight is 278 g/mol. The summed E-state index contributed by atoms with van der Waals surface area (Å²) in [5.74, 6) is 0. The Kier molecular flexibility index (Phi) is 9.37. The van der Waals surface area contributed by atoms with Crippen molar-refractivity contribution in [1.82, 2.24) is 0 Å². The summed E-state index contributed by atoms with van der Waals surface area (Å²) < 4.78 is 10.1. The molecule has 112 valence electrons. The quantitative estimate of drug-likeness (QED) is 0.441. The fourth-order valence-corrected chi connectivity index (χ4v) is 1.97. The number of rotatable bonds is 10. The Morgan fingerprint density at radius 1 is 0.900 bits per heavy atom. The standard InChI is InChI=1S/C17H26O3/c1-2-3-4-5-6-7-11-14-19-17(18)20-15-16-12-9-8-10-13-16/h8-10,12-13H,2-7,11,14-15H2,1H3. The van der Waals surface area contributed by atoms with Crippen LogP contribution < -0.4 is 0 Å². The second-order valence-electron chi connectivity index (χ2n) is 4.99. The minimum Gasteiger partial charge on any atom is -0.434 e. The molecule has 0 N–H and O–H groups in total. The summed E-state index contributed by atoms with van der Waals surface area (Å²) in [7, 11) is 0. The van der Waals surface area contributed by atoms with E-state index in [2.05, 4.69) is 6.92 Å². The Morgan fingerprint density at radius 2 is 1.55 bits per heavy atom. The van der Waals surface area contributed by atoms with Crippen molar-refractivity contribution in [1.29, 1.82) is 0 Å². The van der Waals surface area contributed by atoms with E-state index in [-0.39, 0.29) is 6.61 Å². The van der Waals surface area contributed by atoms with Gasteiger partial charge in [-0.25, -0.2) is 4.79 Å². The highest BCUT2D eigenvalue weighted by atomic mass is 16.7. The van der Waals surface area contributed by atoms with E-state index in [0.717, 1.165) is 18.4 Å². The maximum Gasteiger partial charge on any atom is 0.508 e. The minimum atomic E-state index is -0.570. The van der Waals surface area contributed by atoms with Gasteiger partial charge in [0.2, 0.25) is 0 Å². The molecule has 0 atom stereocenters. The molecular weight excluding hydrogens is 252 g/mol. The molecule has 0 aliphatic heterocycles. The summed E-state index contributed by atoms with van der Waals surface area (Å²) in [6.07, 6.45) is 7.89. The molecule has 20 heavy (non-hydrogen) atoms. The first-order valence-corrected chi connectivity index (χ1v) is 7.66. The van der Waals surface area contributed by atoms with Gasteiger partial charge in [-0.05, 0) is 12.0 Å². The van der Waals surface area contributed by atoms with Crippen molar-refractivity contribution in [3.05, 3.63) is 35.9 Å². The number of unbranched alkanes of at least 4 members (excludes halogenated alkanes) is 6. The topological polar surface area (TPSA) is 35.5 Å². The lowest BCUT2D eigenvalue weighted by Gasteiger charge is -2.06. The normalized spacial score (nSPS) is 10.2. The van der Waals surface area contributed by atoms with Crippen LogP contribution in [-0.4, -0.2) is 12.8 Å². The van der Waals surface area contributed by atoms with Crippen molar-refractivity contribution in [2.45, 2.75) is 58.5 Å². The molecule has 0 saturated heterocycles. The van der Waals surface area contributed by atoms with Crippen molar-refractivity contribution in [2.24, 2.45) is 0 Å². The zero-order chi connectivity index (χ0) is 14.5. The lowest BCUT2D eigenvalue weighted by atomic mass is 10.1. The van der Waals surface area contributed by atoms with Crippen LogP contribution in [0.5, 0.6) is 0 Å². The summed E-state index contributed by atoms with van der Waals surface area (Å²) in [4.78, 5) is 11.3. The van der Waals surface area contributed by atoms with Crippen LogP contribution >= 0.6 is 0 Å². The fraction of sp³-hybridized carbons (Fsp3) is 0.588. The third kappa shape index (κ3) is 8.57. The smallest absolute Gasteiger partial charge is 0.434 e. The Labute approximate surface area is 122 Å². The second-order valence-corrected chi connectivity index (χ2v) is 4.99. The van der Waals surface area contributed by atoms with Crippen molar-refractivity contribution in [2.75, 3.05) is 6.61 Å². The number of carbonyl (C=O) groups is 1. The summed E-state index contributed by atoms with van der Waals surface area (Å²) in [6, 6.07) is 9.61. The van der Waals surface area contributed by atoms with Gasteiger partial charge in [-0.15, -0.1) is 0 Å². The van der Waals surface area contributed by atoms with Gasteiger partial charge in [0.1, 0.15) is 6.61 Å². The zero-order valence-electron chi connectivity index (χ0n) is 12.5. The van der Waals surface area contributed by atoms with Crippen LogP contribution in [0.15, 0.2) is 30.3 Å². The highest BCUT2D eigenvalue weighted by Gasteiger charge is 2.03. The SMILES string of the molecule is CCCCCCCCCOC(=O)OCc1ccccc1. The first-order valence-electron chi connectivity index (χ1n) is 7.66. The third-order valence-electron chi connectivity index (χ3n) is 3.17. The van der Waals surface area contributed by atoms with Gasteiger partial charge in [0.05, 0.1) is 6.61 Å². The lowest BCUT2D eigenvalue weighted by Crippen LogP contribution is -2.08. The highest BCUT2D eigenvalue weighted by Crippen LogP contribution is 2.07. The fourth-order valence-electron chi connectivity index (χ4n) is 1.97. The van der Waals surface area contributed by atoms with E-state index in [4.69, 9.17) is 9.47 Å². The maximum atomic E-state index is 11.3. The Balaban J connectivity index is 1.93. The third-order valence-corrected chi connectivity index (χ3v) is 3.17. The van der Waals surface area contributed by atoms with Gasteiger partial charge in [-0.1, -0.05) is 75.8 Å². The first-order chi connectivity index (χ1) is 9.83. The molecule has 1 aromatic carbocycles. The molecule has 1 aromatic rings. The average Bonchev–Trinajstić information content (AvgIpc) is 2.49. The molecule has 0 aliphatic rings. The van der Waals surface area contributed by atoms with Crippen LogP contribution in [0.25, 0.3) is 0 Å². The highest BCUT2D eigenvalue weighted by molar-refractivity contribution is 5.59. The van der Waals surface area contributed by atoms with Crippen LogP contribution in [0.1, 0.15) is 57.4 Å². The molecule has 0 radical (unpaired) electrons. The number of benzene rings is 1. The van der Waals surface area contributed by atoms with Crippen LogP contribution in [-0.2, 0) is 16.1 Å². The van der Waals surface area contributed by atoms with Crippen LogP contribution in [0.2, 0.25) is 0 Å². The molecule has 0 heterocycles. The second kappa shape index (κ2) is 11.3. The molecule has 0 saturated carbocycles. The van der Waals surface area contributed by atoms with Crippen LogP contribution in [0.4, 0.5) is 4.79 Å². The predicted octanol–water partition coefficient (Wildman–Crippen LogP) is 5.09. The minimum absolute atomic E-state index is 0.274. The molecule has 0 aliphatic carbocycles. The molecule has 3 nitrogen and oxygen atoms in total. The molecule has 0 bridgehead atoms. The summed E-state index contributed by atoms with van der Waals surface area (Å²) in [6.45, 7) is 2.95. The van der Waals surface area contributed by atoms with E-state index >= 15 is 0 Å². The van der Waals surface area contributed by atoms with Gasteiger partial charge >= 0.3 is 6.16 Å². The van der Waals surface area contributed by atoms with E-state index in [9.17, 15) is 4.79 Å². The monoisotopic (exact) mass is 278 g/mol. The summed E-state index contributed by atoms with van der Waals surface area (Å²) in [5, 5.41) is 0. The summed E-state index contributed by atoms with van der Waals surface area (Å²) >= 11 is 0. The van der Waals surface area contributed by atoms with Gasteiger partial charge in [-0.2, -0.15) is 0 Å². The number of hydrogen-bond donors (Lipinski definition) is 0. The molecule has 1 rings (SSSR count). The molecule has 0 spiro atoms. The van der Waals surface area contributed by atoms with E-state index in [1.807, 2.05) is 30.3 Å². The lowest BCUT2D eigenvalue weighted by molar-refractivity contribution is 0.0487. The van der Waals surface area contributed by atoms with Gasteiger partial charge < -0.3 is 9.47 Å². The van der Waals surface area contributed by atoms with Crippen molar-refractivity contribution in [3.8, 4) is 0 Å². The molecule has 0 aromatic heterocycles. The van der Waals surface area contributed by atoms with Gasteiger partial charge in [0.15, 0.2) is 0 Å². The van der Waals surface area contributed by atoms with Crippen molar-refractivity contribution >= 4 is 6.16 Å². The molecule has 0 unspecified atom stereocenters. The largest absolute Gasteiger partial charge is 0.508 e. The maximum absolute atomic E-state index is 11.3. The van der Waals surface area contributed by atoms with Crippen molar-refractivity contribution in [3.63, 3.8) is 0 Å². The Bertz CT molecular complexity index is 349. The molecular formula is C17H26O3. The van der Waals surface area contributed by atoms with E-state index in [0.29, 0.717) is 6.61 Å². The molecule has 0 amide bonds. The first kappa shape index (κ1) is 16.5. The van der Waals surface area contributed by atoms with Gasteiger partial charge in [0.25, 0.3) is 0 Å². The van der Waals surface area contributed by atoms with Crippen molar-refractivity contribution < 1.29 is 14.3 Å².